The SMILES string of the molecule is CC(C)N(Cc1ccccc1)C(=NC#N)N(C(C)C)C(C)C. The molecule has 0 saturated heterocycles. The minimum atomic E-state index is 0.257. The van der Waals surface area contributed by atoms with E-state index in [1.54, 1.807) is 0 Å². The zero-order chi connectivity index (χ0) is 16.7. The Bertz CT molecular complexity index is 504. The molecule has 0 aliphatic carbocycles. The molecule has 0 heterocycles. The largest absolute Gasteiger partial charge is 0.337 e. The number of nitriles is 1. The molecule has 0 unspecified atom stereocenters. The maximum Gasteiger partial charge on any atom is 0.213 e. The summed E-state index contributed by atoms with van der Waals surface area (Å²) in [5.41, 5.74) is 1.22. The van der Waals surface area contributed by atoms with Crippen molar-refractivity contribution >= 4 is 5.96 Å². The molecule has 4 heteroatoms. The first-order valence-electron chi connectivity index (χ1n) is 7.94. The summed E-state index contributed by atoms with van der Waals surface area (Å²) >= 11 is 0. The Kier molecular flexibility index (Phi) is 6.91. The smallest absolute Gasteiger partial charge is 0.213 e. The Hall–Kier alpha value is -2.02. The summed E-state index contributed by atoms with van der Waals surface area (Å²) in [6.45, 7) is 13.5. The van der Waals surface area contributed by atoms with E-state index in [0.29, 0.717) is 0 Å². The van der Waals surface area contributed by atoms with Crippen LogP contribution in [-0.2, 0) is 6.54 Å². The Morgan fingerprint density at radius 1 is 1.00 bits per heavy atom. The van der Waals surface area contributed by atoms with Gasteiger partial charge in [-0.05, 0) is 47.1 Å². The molecule has 0 radical (unpaired) electrons. The molecule has 0 amide bonds. The molecular formula is C18H28N4. The third kappa shape index (κ3) is 4.77. The van der Waals surface area contributed by atoms with Gasteiger partial charge in [0, 0.05) is 24.7 Å². The lowest BCUT2D eigenvalue weighted by Gasteiger charge is -2.40. The summed E-state index contributed by atoms with van der Waals surface area (Å²) < 4.78 is 0. The van der Waals surface area contributed by atoms with Crippen LogP contribution in [0.15, 0.2) is 35.3 Å². The van der Waals surface area contributed by atoms with Gasteiger partial charge in [-0.15, -0.1) is 4.99 Å². The van der Waals surface area contributed by atoms with E-state index in [1.807, 2.05) is 24.4 Å². The molecule has 0 fully saturated rings. The fourth-order valence-electron chi connectivity index (χ4n) is 2.64. The highest BCUT2D eigenvalue weighted by atomic mass is 15.4. The normalized spacial score (nSPS) is 11.9. The maximum absolute atomic E-state index is 9.16. The second-order valence-corrected chi connectivity index (χ2v) is 6.31. The molecule has 1 aromatic rings. The number of guanidine groups is 1. The van der Waals surface area contributed by atoms with Crippen molar-refractivity contribution in [3.63, 3.8) is 0 Å². The lowest BCUT2D eigenvalue weighted by Crippen LogP contribution is -2.52. The summed E-state index contributed by atoms with van der Waals surface area (Å²) in [4.78, 5) is 8.55. The second-order valence-electron chi connectivity index (χ2n) is 6.31. The highest BCUT2D eigenvalue weighted by molar-refractivity contribution is 5.82. The molecule has 0 aromatic heterocycles. The molecule has 0 atom stereocenters. The van der Waals surface area contributed by atoms with Crippen LogP contribution in [0.4, 0.5) is 0 Å². The summed E-state index contributed by atoms with van der Waals surface area (Å²) in [6.07, 6.45) is 1.98. The fourth-order valence-corrected chi connectivity index (χ4v) is 2.64. The van der Waals surface area contributed by atoms with Crippen molar-refractivity contribution in [2.75, 3.05) is 0 Å². The van der Waals surface area contributed by atoms with E-state index in [4.69, 9.17) is 5.26 Å². The molecule has 0 spiro atoms. The van der Waals surface area contributed by atoms with Crippen LogP contribution in [0, 0.1) is 11.5 Å². The first-order valence-corrected chi connectivity index (χ1v) is 7.94. The highest BCUT2D eigenvalue weighted by Crippen LogP contribution is 2.16. The topological polar surface area (TPSA) is 42.6 Å². The Balaban J connectivity index is 3.18. The van der Waals surface area contributed by atoms with Crippen molar-refractivity contribution in [1.29, 1.82) is 5.26 Å². The Morgan fingerprint density at radius 3 is 1.95 bits per heavy atom. The van der Waals surface area contributed by atoms with Gasteiger partial charge >= 0.3 is 0 Å². The van der Waals surface area contributed by atoms with Gasteiger partial charge in [0.1, 0.15) is 0 Å². The fraction of sp³-hybridized carbons (Fsp3) is 0.556. The molecule has 22 heavy (non-hydrogen) atoms. The van der Waals surface area contributed by atoms with Crippen molar-refractivity contribution in [2.24, 2.45) is 4.99 Å². The van der Waals surface area contributed by atoms with Gasteiger partial charge in [-0.1, -0.05) is 30.3 Å². The molecule has 0 N–H and O–H groups in total. The Morgan fingerprint density at radius 2 is 1.55 bits per heavy atom. The second kappa shape index (κ2) is 8.43. The molecule has 1 rings (SSSR count). The van der Waals surface area contributed by atoms with Gasteiger partial charge in [0.15, 0.2) is 0 Å². The number of hydrogen-bond acceptors (Lipinski definition) is 2. The van der Waals surface area contributed by atoms with E-state index < -0.39 is 0 Å². The zero-order valence-corrected chi connectivity index (χ0v) is 14.6. The van der Waals surface area contributed by atoms with Crippen LogP contribution in [0.5, 0.6) is 0 Å². The van der Waals surface area contributed by atoms with Crippen LogP contribution in [0.2, 0.25) is 0 Å². The van der Waals surface area contributed by atoms with Crippen molar-refractivity contribution < 1.29 is 0 Å². The van der Waals surface area contributed by atoms with Gasteiger partial charge < -0.3 is 9.80 Å². The van der Waals surface area contributed by atoms with E-state index in [2.05, 4.69) is 68.5 Å². The van der Waals surface area contributed by atoms with Crippen molar-refractivity contribution in [2.45, 2.75) is 66.2 Å². The monoisotopic (exact) mass is 300 g/mol. The van der Waals surface area contributed by atoms with Gasteiger partial charge in [-0.2, -0.15) is 5.26 Å². The van der Waals surface area contributed by atoms with E-state index >= 15 is 0 Å². The maximum atomic E-state index is 9.16. The number of nitrogens with zero attached hydrogens (tertiary/aromatic N) is 4. The molecule has 120 valence electrons. The average molecular weight is 300 g/mol. The summed E-state index contributed by atoms with van der Waals surface area (Å²) in [7, 11) is 0. The van der Waals surface area contributed by atoms with Gasteiger partial charge in [0.2, 0.25) is 12.2 Å². The molecule has 1 aromatic carbocycles. The van der Waals surface area contributed by atoms with Gasteiger partial charge in [-0.3, -0.25) is 0 Å². The molecular weight excluding hydrogens is 272 g/mol. The standard InChI is InChI=1S/C18H28N4/c1-14(2)21(12-17-10-8-7-9-11-17)18(20-13-19)22(15(3)4)16(5)6/h7-11,14-16H,12H2,1-6H3. The minimum Gasteiger partial charge on any atom is -0.337 e. The third-order valence-electron chi connectivity index (χ3n) is 3.57. The summed E-state index contributed by atoms with van der Waals surface area (Å²) in [5.74, 6) is 0.756. The Labute approximate surface area is 135 Å². The number of rotatable bonds is 5. The van der Waals surface area contributed by atoms with Gasteiger partial charge in [0.25, 0.3) is 0 Å². The van der Waals surface area contributed by atoms with Crippen molar-refractivity contribution in [3.05, 3.63) is 35.9 Å². The summed E-state index contributed by atoms with van der Waals surface area (Å²) in [6, 6.07) is 11.1. The molecule has 4 nitrogen and oxygen atoms in total. The molecule has 0 saturated carbocycles. The van der Waals surface area contributed by atoms with Crippen LogP contribution >= 0.6 is 0 Å². The summed E-state index contributed by atoms with van der Waals surface area (Å²) in [5, 5.41) is 9.16. The van der Waals surface area contributed by atoms with Crippen LogP contribution in [0.1, 0.15) is 47.1 Å². The first-order chi connectivity index (χ1) is 10.4. The first kappa shape index (κ1) is 18.0. The lowest BCUT2D eigenvalue weighted by molar-refractivity contribution is 0.219. The molecule has 0 aliphatic heterocycles. The highest BCUT2D eigenvalue weighted by Gasteiger charge is 2.25. The van der Waals surface area contributed by atoms with Crippen molar-refractivity contribution in [3.8, 4) is 6.19 Å². The predicted octanol–water partition coefficient (Wildman–Crippen LogP) is 3.85. The minimum absolute atomic E-state index is 0.257. The van der Waals surface area contributed by atoms with Crippen LogP contribution in [0.25, 0.3) is 0 Å². The number of hydrogen-bond donors (Lipinski definition) is 0. The zero-order valence-electron chi connectivity index (χ0n) is 14.6. The molecule has 0 bridgehead atoms. The van der Waals surface area contributed by atoms with Crippen LogP contribution < -0.4 is 0 Å². The van der Waals surface area contributed by atoms with E-state index in [9.17, 15) is 0 Å². The van der Waals surface area contributed by atoms with E-state index in [1.165, 1.54) is 5.56 Å². The number of aliphatic imine (C=N–C) groups is 1. The molecule has 0 aliphatic rings. The van der Waals surface area contributed by atoms with Crippen LogP contribution in [0.3, 0.4) is 0 Å². The third-order valence-corrected chi connectivity index (χ3v) is 3.57. The van der Waals surface area contributed by atoms with Crippen LogP contribution in [-0.4, -0.2) is 33.9 Å². The predicted molar refractivity (Wildman–Crippen MR) is 92.3 cm³/mol. The quantitative estimate of drug-likeness (QED) is 0.471. The van der Waals surface area contributed by atoms with E-state index in [-0.39, 0.29) is 18.1 Å². The average Bonchev–Trinajstić information content (AvgIpc) is 2.44. The van der Waals surface area contributed by atoms with Crippen molar-refractivity contribution in [1.82, 2.24) is 9.80 Å². The van der Waals surface area contributed by atoms with E-state index in [0.717, 1.165) is 12.5 Å². The lowest BCUT2D eigenvalue weighted by atomic mass is 10.1. The van der Waals surface area contributed by atoms with Gasteiger partial charge in [-0.25, -0.2) is 0 Å². The number of benzene rings is 1. The van der Waals surface area contributed by atoms with Gasteiger partial charge in [0.05, 0.1) is 0 Å².